The number of hydrogen-bond donors (Lipinski definition) is 3. The number of carbonyl (C=O) groups excluding carboxylic acids is 2. The van der Waals surface area contributed by atoms with Crippen LogP contribution in [0.1, 0.15) is 62.4 Å². The molecule has 0 bridgehead atoms. The Morgan fingerprint density at radius 3 is 2.30 bits per heavy atom. The average molecular weight is 573 g/mol. The molecule has 0 aliphatic heterocycles. The number of phenols is 1. The van der Waals surface area contributed by atoms with Gasteiger partial charge in [0.05, 0.1) is 24.8 Å². The molecule has 2 amide bonds. The van der Waals surface area contributed by atoms with Crippen LogP contribution in [-0.4, -0.2) is 66.6 Å². The van der Waals surface area contributed by atoms with E-state index in [0.717, 1.165) is 42.7 Å². The maximum Gasteiger partial charge on any atom is 0.407 e. The summed E-state index contributed by atoms with van der Waals surface area (Å²) >= 11 is 1.82. The van der Waals surface area contributed by atoms with Crippen LogP contribution in [0, 0.1) is 5.92 Å². The van der Waals surface area contributed by atoms with Crippen molar-refractivity contribution in [1.82, 2.24) is 10.6 Å². The van der Waals surface area contributed by atoms with Crippen LogP contribution in [-0.2, 0) is 15.9 Å². The quantitative estimate of drug-likeness (QED) is 0.305. The molecule has 2 aromatic rings. The van der Waals surface area contributed by atoms with Crippen molar-refractivity contribution in [3.05, 3.63) is 59.7 Å². The van der Waals surface area contributed by atoms with Crippen molar-refractivity contribution in [3.63, 3.8) is 0 Å². The number of phenolic OH excluding ortho intramolecular Hbond substituents is 1. The summed E-state index contributed by atoms with van der Waals surface area (Å²) in [7, 11) is 3.42. The Balaban J connectivity index is 1.80. The zero-order valence-electron chi connectivity index (χ0n) is 24.3. The molecule has 0 heterocycles. The van der Waals surface area contributed by atoms with Crippen LogP contribution in [0.2, 0.25) is 0 Å². The monoisotopic (exact) mass is 572 g/mol. The summed E-state index contributed by atoms with van der Waals surface area (Å²) in [5, 5.41) is 16.1. The van der Waals surface area contributed by atoms with E-state index < -0.39 is 23.6 Å². The summed E-state index contributed by atoms with van der Waals surface area (Å²) in [6.45, 7) is 5.64. The molecule has 2 unspecified atom stereocenters. The number of amides is 2. The molecule has 0 saturated heterocycles. The van der Waals surface area contributed by atoms with E-state index in [0.29, 0.717) is 18.4 Å². The topological polar surface area (TPSA) is 106 Å². The minimum Gasteiger partial charge on any atom is -0.507 e. The predicted octanol–water partition coefficient (Wildman–Crippen LogP) is 5.57. The fraction of sp³-hybridized carbons (Fsp3) is 0.548. The smallest absolute Gasteiger partial charge is 0.407 e. The molecule has 3 N–H and O–H groups in total. The number of rotatable bonds is 12. The molecule has 9 heteroatoms. The molecular formula is C31H44N2O6S. The summed E-state index contributed by atoms with van der Waals surface area (Å²) in [5.74, 6) is 1.79. The van der Waals surface area contributed by atoms with Crippen molar-refractivity contribution in [1.29, 1.82) is 0 Å². The standard InChI is InChI=1S/C31H44N2O6S/c1-31(2,3)39-30(36)33-26(19-32-29(35)25-8-6-7-9-27(25)34)28(18-21-10-14-23(37-4)15-11-21)40-20-22-12-16-24(38-5)17-13-22/h6-11,14-15,22,24,26,28,34H,12-13,16-20H2,1-5H3,(H,32,35)(H,33,36). The van der Waals surface area contributed by atoms with Gasteiger partial charge < -0.3 is 30.0 Å². The number of thioether (sulfide) groups is 1. The van der Waals surface area contributed by atoms with Crippen molar-refractivity contribution < 1.29 is 28.9 Å². The molecule has 0 radical (unpaired) electrons. The number of nitrogens with one attached hydrogen (secondary N) is 2. The first kappa shape index (κ1) is 31.6. The van der Waals surface area contributed by atoms with Crippen molar-refractivity contribution >= 4 is 23.8 Å². The summed E-state index contributed by atoms with van der Waals surface area (Å²) in [5.41, 5.74) is 0.629. The third kappa shape index (κ3) is 10.2. The summed E-state index contributed by atoms with van der Waals surface area (Å²) in [6, 6.07) is 13.9. The number of ether oxygens (including phenoxy) is 3. The van der Waals surface area contributed by atoms with Gasteiger partial charge in [-0.15, -0.1) is 0 Å². The van der Waals surface area contributed by atoms with Gasteiger partial charge >= 0.3 is 6.09 Å². The summed E-state index contributed by atoms with van der Waals surface area (Å²) in [6.07, 6.45) is 4.80. The Morgan fingerprint density at radius 1 is 1.02 bits per heavy atom. The average Bonchev–Trinajstić information content (AvgIpc) is 2.93. The summed E-state index contributed by atoms with van der Waals surface area (Å²) in [4.78, 5) is 25.9. The van der Waals surface area contributed by atoms with E-state index in [1.54, 1.807) is 32.4 Å². The van der Waals surface area contributed by atoms with Crippen LogP contribution >= 0.6 is 11.8 Å². The molecule has 2 atom stereocenters. The maximum atomic E-state index is 13.0. The lowest BCUT2D eigenvalue weighted by Crippen LogP contribution is -2.51. The highest BCUT2D eigenvalue weighted by molar-refractivity contribution is 7.99. The molecule has 8 nitrogen and oxygen atoms in total. The fourth-order valence-corrected chi connectivity index (χ4v) is 6.36. The Kier molecular flexibility index (Phi) is 12.0. The van der Waals surface area contributed by atoms with Crippen LogP contribution in [0.4, 0.5) is 4.79 Å². The molecule has 3 rings (SSSR count). The number of alkyl carbamates (subject to hydrolysis) is 1. The second kappa shape index (κ2) is 15.2. The molecular weight excluding hydrogens is 528 g/mol. The van der Waals surface area contributed by atoms with Gasteiger partial charge in [-0.1, -0.05) is 24.3 Å². The molecule has 220 valence electrons. The van der Waals surface area contributed by atoms with Crippen LogP contribution in [0.5, 0.6) is 11.5 Å². The first-order chi connectivity index (χ1) is 19.1. The van der Waals surface area contributed by atoms with Crippen LogP contribution in [0.15, 0.2) is 48.5 Å². The minimum atomic E-state index is -0.660. The molecule has 1 fully saturated rings. The van der Waals surface area contributed by atoms with Gasteiger partial charge in [0, 0.05) is 18.9 Å². The van der Waals surface area contributed by atoms with Gasteiger partial charge in [0.15, 0.2) is 0 Å². The van der Waals surface area contributed by atoms with E-state index in [2.05, 4.69) is 10.6 Å². The van der Waals surface area contributed by atoms with Crippen LogP contribution in [0.25, 0.3) is 0 Å². The van der Waals surface area contributed by atoms with Gasteiger partial charge in [0.2, 0.25) is 0 Å². The highest BCUT2D eigenvalue weighted by atomic mass is 32.2. The maximum absolute atomic E-state index is 13.0. The van der Waals surface area contributed by atoms with Gasteiger partial charge in [0.25, 0.3) is 5.91 Å². The van der Waals surface area contributed by atoms with Gasteiger partial charge in [-0.2, -0.15) is 11.8 Å². The number of methoxy groups -OCH3 is 2. The zero-order valence-corrected chi connectivity index (χ0v) is 25.1. The molecule has 0 spiro atoms. The van der Waals surface area contributed by atoms with E-state index in [9.17, 15) is 14.7 Å². The van der Waals surface area contributed by atoms with E-state index in [1.165, 1.54) is 6.07 Å². The molecule has 1 aliphatic carbocycles. The first-order valence-electron chi connectivity index (χ1n) is 13.9. The predicted molar refractivity (Wildman–Crippen MR) is 159 cm³/mol. The lowest BCUT2D eigenvalue weighted by Gasteiger charge is -2.32. The second-order valence-electron chi connectivity index (χ2n) is 11.3. The van der Waals surface area contributed by atoms with Crippen LogP contribution in [0.3, 0.4) is 0 Å². The molecule has 0 aromatic heterocycles. The third-order valence-electron chi connectivity index (χ3n) is 7.05. The zero-order chi connectivity index (χ0) is 29.1. The van der Waals surface area contributed by atoms with E-state index >= 15 is 0 Å². The number of hydrogen-bond acceptors (Lipinski definition) is 7. The lowest BCUT2D eigenvalue weighted by molar-refractivity contribution is 0.0500. The Hall–Kier alpha value is -2.91. The van der Waals surface area contributed by atoms with E-state index in [4.69, 9.17) is 14.2 Å². The largest absolute Gasteiger partial charge is 0.507 e. The first-order valence-corrected chi connectivity index (χ1v) is 15.0. The van der Waals surface area contributed by atoms with Gasteiger partial charge in [-0.25, -0.2) is 4.79 Å². The van der Waals surface area contributed by atoms with Gasteiger partial charge in [-0.3, -0.25) is 4.79 Å². The Bertz CT molecular complexity index is 1080. The third-order valence-corrected chi connectivity index (χ3v) is 8.64. The SMILES string of the molecule is COc1ccc(CC(SCC2CCC(OC)CC2)C(CNC(=O)c2ccccc2O)NC(=O)OC(C)(C)C)cc1. The van der Waals surface area contributed by atoms with E-state index in [-0.39, 0.29) is 23.1 Å². The second-order valence-corrected chi connectivity index (χ2v) is 12.6. The Morgan fingerprint density at radius 2 is 1.70 bits per heavy atom. The Labute approximate surface area is 242 Å². The van der Waals surface area contributed by atoms with Crippen molar-refractivity contribution in [2.75, 3.05) is 26.5 Å². The number of carbonyl (C=O) groups is 2. The number of benzene rings is 2. The number of para-hydroxylation sites is 1. The van der Waals surface area contributed by atoms with Crippen molar-refractivity contribution in [2.24, 2.45) is 5.92 Å². The van der Waals surface area contributed by atoms with Crippen molar-refractivity contribution in [2.45, 2.75) is 75.9 Å². The highest BCUT2D eigenvalue weighted by Gasteiger charge is 2.29. The molecule has 1 saturated carbocycles. The molecule has 40 heavy (non-hydrogen) atoms. The van der Waals surface area contributed by atoms with Gasteiger partial charge in [0.1, 0.15) is 17.1 Å². The highest BCUT2D eigenvalue weighted by Crippen LogP contribution is 2.32. The van der Waals surface area contributed by atoms with Crippen molar-refractivity contribution in [3.8, 4) is 11.5 Å². The minimum absolute atomic E-state index is 0.0502. The lowest BCUT2D eigenvalue weighted by atomic mass is 9.89. The number of aromatic hydroxyl groups is 1. The fourth-order valence-electron chi connectivity index (χ4n) is 4.80. The normalized spacial score (nSPS) is 18.8. The van der Waals surface area contributed by atoms with Gasteiger partial charge in [-0.05, 0) is 94.4 Å². The van der Waals surface area contributed by atoms with Crippen LogP contribution < -0.4 is 15.4 Å². The summed E-state index contributed by atoms with van der Waals surface area (Å²) < 4.78 is 16.5. The molecule has 1 aliphatic rings. The van der Waals surface area contributed by atoms with E-state index in [1.807, 2.05) is 56.8 Å². The molecule has 2 aromatic carbocycles.